The van der Waals surface area contributed by atoms with Gasteiger partial charge in [-0.25, -0.2) is 13.2 Å². The number of nitrogen functional groups attached to an aromatic ring is 1. The van der Waals surface area contributed by atoms with Gasteiger partial charge in [0.1, 0.15) is 17.5 Å². The number of Topliss-reactive ketones (excluding diaryl/α,β-unsaturated/α-hetero) is 1. The molecular formula is C14H10F3NO. The van der Waals surface area contributed by atoms with Gasteiger partial charge in [0.05, 0.1) is 5.69 Å². The van der Waals surface area contributed by atoms with E-state index >= 15 is 0 Å². The largest absolute Gasteiger partial charge is 0.396 e. The normalized spacial score (nSPS) is 10.5. The molecule has 0 aliphatic rings. The summed E-state index contributed by atoms with van der Waals surface area (Å²) >= 11 is 0. The molecule has 98 valence electrons. The van der Waals surface area contributed by atoms with Crippen LogP contribution in [0, 0.1) is 17.5 Å². The summed E-state index contributed by atoms with van der Waals surface area (Å²) in [6.07, 6.45) is -0.340. The molecule has 2 aromatic rings. The van der Waals surface area contributed by atoms with Crippen LogP contribution in [0.5, 0.6) is 0 Å². The van der Waals surface area contributed by atoms with Crippen LogP contribution in [0.4, 0.5) is 18.9 Å². The SMILES string of the molecule is Nc1ccc(C(=O)Cc2cc(F)ccc2F)cc1F. The minimum atomic E-state index is -0.717. The number of benzene rings is 2. The quantitative estimate of drug-likeness (QED) is 0.684. The summed E-state index contributed by atoms with van der Waals surface area (Å²) in [5, 5.41) is 0. The first-order valence-electron chi connectivity index (χ1n) is 5.49. The third-order valence-corrected chi connectivity index (χ3v) is 2.68. The summed E-state index contributed by atoms with van der Waals surface area (Å²) in [6.45, 7) is 0. The van der Waals surface area contributed by atoms with E-state index in [1.54, 1.807) is 0 Å². The molecule has 2 aromatic carbocycles. The number of carbonyl (C=O) groups is 1. The van der Waals surface area contributed by atoms with E-state index in [1.165, 1.54) is 12.1 Å². The summed E-state index contributed by atoms with van der Waals surface area (Å²) < 4.78 is 39.5. The van der Waals surface area contributed by atoms with Gasteiger partial charge in [-0.3, -0.25) is 4.79 Å². The van der Waals surface area contributed by atoms with Crippen molar-refractivity contribution >= 4 is 11.5 Å². The van der Waals surface area contributed by atoms with Crippen molar-refractivity contribution in [3.8, 4) is 0 Å². The van der Waals surface area contributed by atoms with E-state index in [-0.39, 0.29) is 23.2 Å². The Morgan fingerprint density at radius 2 is 1.74 bits per heavy atom. The summed E-state index contributed by atoms with van der Waals surface area (Å²) in [5.41, 5.74) is 5.21. The van der Waals surface area contributed by atoms with Crippen molar-refractivity contribution in [1.82, 2.24) is 0 Å². The summed E-state index contributed by atoms with van der Waals surface area (Å²) in [7, 11) is 0. The Bertz CT molecular complexity index is 641. The van der Waals surface area contributed by atoms with Gasteiger partial charge in [-0.05, 0) is 42.0 Å². The lowest BCUT2D eigenvalue weighted by Crippen LogP contribution is -2.06. The third-order valence-electron chi connectivity index (χ3n) is 2.68. The van der Waals surface area contributed by atoms with Crippen LogP contribution in [-0.4, -0.2) is 5.78 Å². The van der Waals surface area contributed by atoms with Crippen LogP contribution in [0.25, 0.3) is 0 Å². The fourth-order valence-corrected chi connectivity index (χ4v) is 1.65. The van der Waals surface area contributed by atoms with Gasteiger partial charge in [0.2, 0.25) is 0 Å². The van der Waals surface area contributed by atoms with Gasteiger partial charge in [0, 0.05) is 12.0 Å². The first kappa shape index (κ1) is 13.1. The average molecular weight is 265 g/mol. The summed E-state index contributed by atoms with van der Waals surface area (Å²) in [5.74, 6) is -2.53. The Morgan fingerprint density at radius 3 is 2.42 bits per heavy atom. The van der Waals surface area contributed by atoms with E-state index in [0.717, 1.165) is 24.3 Å². The molecule has 0 heterocycles. The lowest BCUT2D eigenvalue weighted by Gasteiger charge is -2.04. The van der Waals surface area contributed by atoms with Crippen molar-refractivity contribution in [2.75, 3.05) is 5.73 Å². The van der Waals surface area contributed by atoms with Crippen LogP contribution >= 0.6 is 0 Å². The average Bonchev–Trinajstić information content (AvgIpc) is 2.37. The van der Waals surface area contributed by atoms with Gasteiger partial charge < -0.3 is 5.73 Å². The molecule has 0 fully saturated rings. The van der Waals surface area contributed by atoms with E-state index in [9.17, 15) is 18.0 Å². The molecule has 0 unspecified atom stereocenters. The van der Waals surface area contributed by atoms with E-state index in [1.807, 2.05) is 0 Å². The van der Waals surface area contributed by atoms with Crippen LogP contribution in [-0.2, 0) is 6.42 Å². The van der Waals surface area contributed by atoms with Crippen LogP contribution in [0.2, 0.25) is 0 Å². The first-order chi connectivity index (χ1) is 8.97. The van der Waals surface area contributed by atoms with Crippen molar-refractivity contribution in [3.05, 3.63) is 65.0 Å². The van der Waals surface area contributed by atoms with Crippen molar-refractivity contribution < 1.29 is 18.0 Å². The number of halogens is 3. The molecule has 2 N–H and O–H groups in total. The van der Waals surface area contributed by atoms with Crippen LogP contribution in [0.3, 0.4) is 0 Å². The fraction of sp³-hybridized carbons (Fsp3) is 0.0714. The van der Waals surface area contributed by atoms with Crippen LogP contribution in [0.1, 0.15) is 15.9 Å². The minimum Gasteiger partial charge on any atom is -0.396 e. The Hall–Kier alpha value is -2.30. The lowest BCUT2D eigenvalue weighted by molar-refractivity contribution is 0.0991. The highest BCUT2D eigenvalue weighted by molar-refractivity contribution is 5.97. The topological polar surface area (TPSA) is 43.1 Å². The maximum Gasteiger partial charge on any atom is 0.167 e. The second-order valence-corrected chi connectivity index (χ2v) is 4.07. The molecule has 0 aliphatic heterocycles. The predicted octanol–water partition coefficient (Wildman–Crippen LogP) is 3.11. The maximum absolute atomic E-state index is 13.4. The highest BCUT2D eigenvalue weighted by Gasteiger charge is 2.13. The Labute approximate surface area is 107 Å². The molecule has 0 saturated carbocycles. The number of hydrogen-bond acceptors (Lipinski definition) is 2. The predicted molar refractivity (Wildman–Crippen MR) is 65.2 cm³/mol. The highest BCUT2D eigenvalue weighted by Crippen LogP contribution is 2.16. The van der Waals surface area contributed by atoms with E-state index in [4.69, 9.17) is 5.73 Å². The highest BCUT2D eigenvalue weighted by atomic mass is 19.1. The molecule has 2 rings (SSSR count). The standard InChI is InChI=1S/C14H10F3NO/c15-10-2-3-11(16)9(5-10)7-14(19)8-1-4-13(18)12(17)6-8/h1-6H,7,18H2. The lowest BCUT2D eigenvalue weighted by atomic mass is 10.0. The van der Waals surface area contributed by atoms with E-state index in [2.05, 4.69) is 0 Å². The molecule has 0 saturated heterocycles. The zero-order valence-electron chi connectivity index (χ0n) is 9.79. The van der Waals surface area contributed by atoms with Crippen molar-refractivity contribution in [1.29, 1.82) is 0 Å². The maximum atomic E-state index is 13.4. The smallest absolute Gasteiger partial charge is 0.167 e. The molecule has 0 aliphatic carbocycles. The first-order valence-corrected chi connectivity index (χ1v) is 5.49. The van der Waals surface area contributed by atoms with E-state index < -0.39 is 23.2 Å². The van der Waals surface area contributed by atoms with Gasteiger partial charge in [-0.2, -0.15) is 0 Å². The zero-order valence-corrected chi connectivity index (χ0v) is 9.79. The van der Waals surface area contributed by atoms with Gasteiger partial charge >= 0.3 is 0 Å². The second kappa shape index (κ2) is 5.14. The summed E-state index contributed by atoms with van der Waals surface area (Å²) in [4.78, 5) is 11.8. The Balaban J connectivity index is 2.25. The number of ketones is 1. The Kier molecular flexibility index (Phi) is 3.55. The van der Waals surface area contributed by atoms with Gasteiger partial charge in [0.25, 0.3) is 0 Å². The third kappa shape index (κ3) is 2.93. The minimum absolute atomic E-state index is 0.0651. The molecule has 19 heavy (non-hydrogen) atoms. The number of anilines is 1. The summed E-state index contributed by atoms with van der Waals surface area (Å²) in [6, 6.07) is 6.44. The van der Waals surface area contributed by atoms with Gasteiger partial charge in [0.15, 0.2) is 5.78 Å². The molecular weight excluding hydrogens is 255 g/mol. The molecule has 0 bridgehead atoms. The molecule has 0 spiro atoms. The van der Waals surface area contributed by atoms with E-state index in [0.29, 0.717) is 0 Å². The number of nitrogens with two attached hydrogens (primary N) is 1. The second-order valence-electron chi connectivity index (χ2n) is 4.07. The van der Waals surface area contributed by atoms with Crippen molar-refractivity contribution in [2.24, 2.45) is 0 Å². The number of carbonyl (C=O) groups excluding carboxylic acids is 1. The van der Waals surface area contributed by atoms with Crippen molar-refractivity contribution in [3.63, 3.8) is 0 Å². The zero-order chi connectivity index (χ0) is 14.0. The molecule has 0 radical (unpaired) electrons. The molecule has 5 heteroatoms. The fourth-order valence-electron chi connectivity index (χ4n) is 1.65. The monoisotopic (exact) mass is 265 g/mol. The van der Waals surface area contributed by atoms with Crippen molar-refractivity contribution in [2.45, 2.75) is 6.42 Å². The van der Waals surface area contributed by atoms with Gasteiger partial charge in [-0.1, -0.05) is 0 Å². The van der Waals surface area contributed by atoms with Gasteiger partial charge in [-0.15, -0.1) is 0 Å². The molecule has 0 aromatic heterocycles. The molecule has 2 nitrogen and oxygen atoms in total. The molecule has 0 amide bonds. The van der Waals surface area contributed by atoms with Crippen LogP contribution in [0.15, 0.2) is 36.4 Å². The van der Waals surface area contributed by atoms with Crippen LogP contribution < -0.4 is 5.73 Å². The Morgan fingerprint density at radius 1 is 1.00 bits per heavy atom. The number of hydrogen-bond donors (Lipinski definition) is 1. The molecule has 0 atom stereocenters. The number of rotatable bonds is 3.